The summed E-state index contributed by atoms with van der Waals surface area (Å²) >= 11 is -9.15. The Bertz CT molecular complexity index is 41.3. The average Bonchev–Trinajstić information content (AvgIpc) is 0.650. The Kier molecular flexibility index (Phi) is 5.41. The van der Waals surface area contributed by atoms with Gasteiger partial charge in [0.05, 0.1) is 0 Å². The fraction of sp³-hybridized carbons (Fsp3) is 0. The van der Waals surface area contributed by atoms with Gasteiger partial charge in [0.25, 0.3) is 0 Å². The van der Waals surface area contributed by atoms with Crippen molar-refractivity contribution in [3.05, 3.63) is 0 Å². The van der Waals surface area contributed by atoms with E-state index < -0.39 is 33.8 Å². The van der Waals surface area contributed by atoms with Crippen LogP contribution in [0.4, 0.5) is 5.58 Å². The second-order valence-corrected chi connectivity index (χ2v) is 3.75. The molecule has 0 radical (unpaired) electrons. The number of halogens is 5. The van der Waals surface area contributed by atoms with Gasteiger partial charge in [-0.25, -0.2) is 0 Å². The number of rotatable bonds is 0. The molecular weight excluding hydrogens is 390 g/mol. The van der Waals surface area contributed by atoms with E-state index in [4.69, 9.17) is 0 Å². The van der Waals surface area contributed by atoms with E-state index in [1.165, 1.54) is 0 Å². The normalized spacial score (nSPS) is 16.4. The Hall–Kier alpha value is 2.55. The van der Waals surface area contributed by atoms with E-state index >= 15 is 0 Å². The van der Waals surface area contributed by atoms with Gasteiger partial charge in [-0.05, 0) is 0 Å². The zero-order chi connectivity index (χ0) is 5.45. The summed E-state index contributed by atoms with van der Waals surface area (Å²) in [5.41, 5.74) is 0. The van der Waals surface area contributed by atoms with E-state index in [0.717, 1.165) is 0 Å². The monoisotopic (exact) mass is 393 g/mol. The minimum absolute atomic E-state index is 0. The van der Waals surface area contributed by atoms with Crippen LogP contribution in [0.1, 0.15) is 0 Å². The topological polar surface area (TPSA) is 0 Å². The molecule has 0 aliphatic carbocycles. The molecule has 0 saturated heterocycles. The molecule has 0 atom stereocenters. The number of hydrogen-bond donors (Lipinski definition) is 0. The van der Waals surface area contributed by atoms with Crippen molar-refractivity contribution in [3.63, 3.8) is 0 Å². The second kappa shape index (κ2) is 3.09. The molecule has 0 aliphatic rings. The van der Waals surface area contributed by atoms with Crippen molar-refractivity contribution in [3.8, 4) is 0 Å². The molecule has 0 aromatic heterocycles. The third-order valence-corrected chi connectivity index (χ3v) is 0. The summed E-state index contributed by atoms with van der Waals surface area (Å²) in [4.78, 5) is 0. The van der Waals surface area contributed by atoms with Crippen molar-refractivity contribution in [2.24, 2.45) is 0 Å². The summed E-state index contributed by atoms with van der Waals surface area (Å²) < 4.78 is 49.5. The van der Waals surface area contributed by atoms with Gasteiger partial charge in [-0.15, -0.1) is 0 Å². The summed E-state index contributed by atoms with van der Waals surface area (Å²) in [6, 6.07) is 0. The molecule has 0 amide bonds. The van der Waals surface area contributed by atoms with Crippen LogP contribution in [0.25, 0.3) is 0 Å². The molecule has 47 valence electrons. The molecule has 0 nitrogen and oxygen atoms in total. The molecule has 0 saturated carbocycles. The van der Waals surface area contributed by atoms with Gasteiger partial charge in [0.1, 0.15) is 0 Å². The molecule has 7 heteroatoms. The maximum absolute atomic E-state index is 9.91. The molecule has 7 heavy (non-hydrogen) atoms. The fourth-order valence-electron chi connectivity index (χ4n) is 0. The first-order valence-electron chi connectivity index (χ1n) is 0.668. The first-order chi connectivity index (χ1) is 2.24. The van der Waals surface area contributed by atoms with E-state index in [1.807, 2.05) is 0 Å². The van der Waals surface area contributed by atoms with Crippen molar-refractivity contribution in [1.29, 1.82) is 0 Å². The van der Waals surface area contributed by atoms with Crippen molar-refractivity contribution < 1.29 is 39.4 Å². The van der Waals surface area contributed by atoms with E-state index in [-0.39, 0.29) is 48.9 Å². The Morgan fingerprint density at radius 1 is 0.714 bits per heavy atom. The van der Waals surface area contributed by atoms with Gasteiger partial charge in [-0.3, -0.25) is 0 Å². The standard InChI is InChI=1S/Ba.5FH.Gd.2H/h;5*1H;;;/q;;;;;;+5;;/p-5. The summed E-state index contributed by atoms with van der Waals surface area (Å²) in [6.45, 7) is 0. The first-order valence-corrected chi connectivity index (χ1v) is 4.96. The molecular formula is H2BaF5Gd. The van der Waals surface area contributed by atoms with Crippen LogP contribution in [0.5, 0.6) is 0 Å². The third-order valence-electron chi connectivity index (χ3n) is 0. The van der Waals surface area contributed by atoms with E-state index in [2.05, 4.69) is 0 Å². The van der Waals surface area contributed by atoms with Crippen LogP contribution in [0.2, 0.25) is 0 Å². The molecule has 0 aliphatic heterocycles. The number of hydrogen-bond acceptors (Lipinski definition) is 0. The average molecular weight is 392 g/mol. The summed E-state index contributed by atoms with van der Waals surface area (Å²) in [5.74, 6) is 0. The van der Waals surface area contributed by atoms with Crippen LogP contribution in [-0.4, -0.2) is 48.9 Å². The predicted molar refractivity (Wildman–Crippen MR) is 14.1 cm³/mol. The van der Waals surface area contributed by atoms with Gasteiger partial charge in [0.2, 0.25) is 0 Å². The quantitative estimate of drug-likeness (QED) is 0.430. The van der Waals surface area contributed by atoms with E-state index in [9.17, 15) is 5.58 Å². The van der Waals surface area contributed by atoms with Crippen LogP contribution in [0.3, 0.4) is 0 Å². The van der Waals surface area contributed by atoms with Gasteiger partial charge in [0, 0.05) is 0 Å². The van der Waals surface area contributed by atoms with Crippen molar-refractivity contribution in [2.75, 3.05) is 0 Å². The molecule has 0 aromatic carbocycles. The van der Waals surface area contributed by atoms with Gasteiger partial charge in [0.15, 0.2) is 0 Å². The molecule has 0 unspecified atom stereocenters. The van der Waals surface area contributed by atoms with Crippen molar-refractivity contribution in [1.82, 2.24) is 0 Å². The minimum atomic E-state index is -9.15. The van der Waals surface area contributed by atoms with Crippen LogP contribution in [0, 0.1) is 33.8 Å². The third kappa shape index (κ3) is 56.5. The van der Waals surface area contributed by atoms with Crippen molar-refractivity contribution >= 4 is 48.9 Å². The fourth-order valence-corrected chi connectivity index (χ4v) is 0. The molecule has 0 bridgehead atoms. The van der Waals surface area contributed by atoms with Crippen LogP contribution >= 0.6 is 0 Å². The SMILES string of the molecule is [BaH2].[F][Gd]([F])([F])([F])[F]. The van der Waals surface area contributed by atoms with E-state index in [0.29, 0.717) is 0 Å². The molecule has 0 heterocycles. The molecule has 0 fully saturated rings. The van der Waals surface area contributed by atoms with Crippen molar-refractivity contribution in [2.45, 2.75) is 0 Å². The van der Waals surface area contributed by atoms with Gasteiger partial charge >= 0.3 is 88.3 Å². The Morgan fingerprint density at radius 3 is 0.714 bits per heavy atom. The zero-order valence-corrected chi connectivity index (χ0v) is 4.51. The Labute approximate surface area is 85.7 Å². The molecule has 0 rings (SSSR count). The van der Waals surface area contributed by atoms with Gasteiger partial charge < -0.3 is 0 Å². The summed E-state index contributed by atoms with van der Waals surface area (Å²) in [7, 11) is 0. The maximum atomic E-state index is 9.91. The molecule has 0 N–H and O–H groups in total. The Morgan fingerprint density at radius 2 is 0.714 bits per heavy atom. The zero-order valence-electron chi connectivity index (χ0n) is 2.24. The first kappa shape index (κ1) is 12.2. The van der Waals surface area contributed by atoms with Gasteiger partial charge in [-0.2, -0.15) is 0 Å². The van der Waals surface area contributed by atoms with Crippen LogP contribution in [-0.2, 0) is 0 Å². The van der Waals surface area contributed by atoms with Crippen LogP contribution < -0.4 is 0 Å². The molecule has 0 spiro atoms. The molecule has 0 aromatic rings. The van der Waals surface area contributed by atoms with E-state index in [1.54, 1.807) is 0 Å². The predicted octanol–water partition coefficient (Wildman–Crippen LogP) is 1.18. The van der Waals surface area contributed by atoms with Gasteiger partial charge in [-0.1, -0.05) is 0 Å². The van der Waals surface area contributed by atoms with Crippen LogP contribution in [0.15, 0.2) is 0 Å². The second-order valence-electron chi connectivity index (χ2n) is 0.505. The summed E-state index contributed by atoms with van der Waals surface area (Å²) in [6.07, 6.45) is 0. The Balaban J connectivity index is 0. The summed E-state index contributed by atoms with van der Waals surface area (Å²) in [5, 5.41) is 0.